The number of rotatable bonds is 4. The van der Waals surface area contributed by atoms with Crippen LogP contribution in [0.5, 0.6) is 0 Å². The van der Waals surface area contributed by atoms with Gasteiger partial charge in [0.2, 0.25) is 0 Å². The van der Waals surface area contributed by atoms with Gasteiger partial charge in [-0.25, -0.2) is 4.98 Å². The minimum atomic E-state index is -0.753. The van der Waals surface area contributed by atoms with Crippen molar-refractivity contribution in [1.82, 2.24) is 14.5 Å². The van der Waals surface area contributed by atoms with Crippen LogP contribution in [0.15, 0.2) is 30.6 Å². The molecule has 1 atom stereocenters. The predicted molar refractivity (Wildman–Crippen MR) is 65.6 cm³/mol. The van der Waals surface area contributed by atoms with Gasteiger partial charge in [0.15, 0.2) is 6.10 Å². The monoisotopic (exact) mass is 231 g/mol. The minimum Gasteiger partial charge on any atom is -0.379 e. The summed E-state index contributed by atoms with van der Waals surface area (Å²) in [5.74, 6) is 0.657. The number of aromatic nitrogens is 3. The van der Waals surface area contributed by atoms with Crippen molar-refractivity contribution in [3.63, 3.8) is 0 Å². The second-order valence-electron chi connectivity index (χ2n) is 4.09. The van der Waals surface area contributed by atoms with E-state index in [4.69, 9.17) is 0 Å². The van der Waals surface area contributed by atoms with E-state index in [1.54, 1.807) is 6.20 Å². The van der Waals surface area contributed by atoms with Gasteiger partial charge in [-0.2, -0.15) is 0 Å². The normalized spacial score (nSPS) is 12.6. The van der Waals surface area contributed by atoms with E-state index < -0.39 is 6.10 Å². The Bertz CT molecular complexity index is 493. The highest BCUT2D eigenvalue weighted by molar-refractivity contribution is 5.18. The van der Waals surface area contributed by atoms with Crippen LogP contribution >= 0.6 is 0 Å². The standard InChI is InChI=1S/C13H17N3O/c1-3-8-16-9-7-14-13(16)12(17)11-6-4-5-10(2)15-11/h4-7,9,12,17H,3,8H2,1-2H3. The van der Waals surface area contributed by atoms with Crippen molar-refractivity contribution in [3.8, 4) is 0 Å². The Morgan fingerprint density at radius 3 is 2.94 bits per heavy atom. The zero-order chi connectivity index (χ0) is 12.3. The average Bonchev–Trinajstić information content (AvgIpc) is 2.77. The van der Waals surface area contributed by atoms with Gasteiger partial charge in [-0.3, -0.25) is 4.98 Å². The predicted octanol–water partition coefficient (Wildman–Crippen LogP) is 2.08. The molecule has 2 aromatic rings. The summed E-state index contributed by atoms with van der Waals surface area (Å²) in [6.45, 7) is 4.87. The quantitative estimate of drug-likeness (QED) is 0.876. The number of nitrogens with zero attached hydrogens (tertiary/aromatic N) is 3. The lowest BCUT2D eigenvalue weighted by atomic mass is 10.2. The number of hydrogen-bond donors (Lipinski definition) is 1. The van der Waals surface area contributed by atoms with Gasteiger partial charge in [0.05, 0.1) is 5.69 Å². The van der Waals surface area contributed by atoms with Gasteiger partial charge < -0.3 is 9.67 Å². The van der Waals surface area contributed by atoms with Gasteiger partial charge in [-0.15, -0.1) is 0 Å². The molecule has 0 aromatic carbocycles. The molecule has 2 aromatic heterocycles. The summed E-state index contributed by atoms with van der Waals surface area (Å²) >= 11 is 0. The number of aryl methyl sites for hydroxylation is 2. The van der Waals surface area contributed by atoms with Gasteiger partial charge in [0, 0.05) is 24.6 Å². The third-order valence-corrected chi connectivity index (χ3v) is 2.65. The van der Waals surface area contributed by atoms with Crippen LogP contribution in [0.2, 0.25) is 0 Å². The van der Waals surface area contributed by atoms with E-state index in [2.05, 4.69) is 16.9 Å². The largest absolute Gasteiger partial charge is 0.379 e. The molecule has 17 heavy (non-hydrogen) atoms. The smallest absolute Gasteiger partial charge is 0.153 e. The molecule has 0 spiro atoms. The Balaban J connectivity index is 2.30. The van der Waals surface area contributed by atoms with Crippen molar-refractivity contribution < 1.29 is 5.11 Å². The second kappa shape index (κ2) is 5.10. The first-order valence-electron chi connectivity index (χ1n) is 5.85. The van der Waals surface area contributed by atoms with E-state index in [1.807, 2.05) is 35.9 Å². The van der Waals surface area contributed by atoms with E-state index in [9.17, 15) is 5.11 Å². The summed E-state index contributed by atoms with van der Waals surface area (Å²) in [7, 11) is 0. The lowest BCUT2D eigenvalue weighted by molar-refractivity contribution is 0.199. The first kappa shape index (κ1) is 11.8. The van der Waals surface area contributed by atoms with Gasteiger partial charge in [0.25, 0.3) is 0 Å². The summed E-state index contributed by atoms with van der Waals surface area (Å²) in [5.41, 5.74) is 1.55. The van der Waals surface area contributed by atoms with Crippen molar-refractivity contribution in [2.24, 2.45) is 0 Å². The van der Waals surface area contributed by atoms with E-state index in [0.29, 0.717) is 11.5 Å². The topological polar surface area (TPSA) is 50.9 Å². The molecule has 0 saturated heterocycles. The maximum absolute atomic E-state index is 10.3. The fraction of sp³-hybridized carbons (Fsp3) is 0.385. The van der Waals surface area contributed by atoms with Crippen LogP contribution in [0, 0.1) is 6.92 Å². The molecule has 0 radical (unpaired) electrons. The summed E-state index contributed by atoms with van der Waals surface area (Å²) in [6, 6.07) is 5.63. The molecular weight excluding hydrogens is 214 g/mol. The van der Waals surface area contributed by atoms with Crippen molar-refractivity contribution in [1.29, 1.82) is 0 Å². The van der Waals surface area contributed by atoms with Gasteiger partial charge in [0.1, 0.15) is 5.82 Å². The van der Waals surface area contributed by atoms with E-state index in [1.165, 1.54) is 0 Å². The van der Waals surface area contributed by atoms with E-state index >= 15 is 0 Å². The van der Waals surface area contributed by atoms with Crippen LogP contribution in [-0.4, -0.2) is 19.6 Å². The SMILES string of the molecule is CCCn1ccnc1C(O)c1cccc(C)n1. The third-order valence-electron chi connectivity index (χ3n) is 2.65. The molecule has 4 nitrogen and oxygen atoms in total. The van der Waals surface area contributed by atoms with Crippen molar-refractivity contribution in [2.75, 3.05) is 0 Å². The zero-order valence-electron chi connectivity index (χ0n) is 10.2. The molecule has 2 rings (SSSR count). The Kier molecular flexibility index (Phi) is 3.54. The second-order valence-corrected chi connectivity index (χ2v) is 4.09. The van der Waals surface area contributed by atoms with Gasteiger partial charge in [-0.05, 0) is 25.5 Å². The molecule has 1 N–H and O–H groups in total. The molecule has 4 heteroatoms. The summed E-state index contributed by atoms with van der Waals surface area (Å²) in [6.07, 6.45) is 3.86. The molecular formula is C13H17N3O. The fourth-order valence-electron chi connectivity index (χ4n) is 1.85. The maximum Gasteiger partial charge on any atom is 0.153 e. The van der Waals surface area contributed by atoms with Crippen LogP contribution in [0.1, 0.15) is 36.7 Å². The zero-order valence-corrected chi connectivity index (χ0v) is 10.2. The van der Waals surface area contributed by atoms with Crippen molar-refractivity contribution in [2.45, 2.75) is 32.9 Å². The van der Waals surface area contributed by atoms with Gasteiger partial charge in [-0.1, -0.05) is 13.0 Å². The minimum absolute atomic E-state index is 0.647. The number of hydrogen-bond acceptors (Lipinski definition) is 3. The van der Waals surface area contributed by atoms with E-state index in [-0.39, 0.29) is 0 Å². The van der Waals surface area contributed by atoms with Crippen LogP contribution in [0.25, 0.3) is 0 Å². The molecule has 2 heterocycles. The Hall–Kier alpha value is -1.68. The van der Waals surface area contributed by atoms with Crippen LogP contribution in [0.4, 0.5) is 0 Å². The summed E-state index contributed by atoms with van der Waals surface area (Å²) < 4.78 is 1.97. The summed E-state index contributed by atoms with van der Waals surface area (Å²) in [4.78, 5) is 8.54. The molecule has 1 unspecified atom stereocenters. The molecule has 0 aliphatic heterocycles. The molecule has 0 fully saturated rings. The van der Waals surface area contributed by atoms with Crippen LogP contribution in [-0.2, 0) is 6.54 Å². The first-order chi connectivity index (χ1) is 8.22. The molecule has 0 amide bonds. The maximum atomic E-state index is 10.3. The highest BCUT2D eigenvalue weighted by Gasteiger charge is 2.17. The molecule has 0 aliphatic rings. The number of aliphatic hydroxyl groups is 1. The first-order valence-corrected chi connectivity index (χ1v) is 5.85. The number of imidazole rings is 1. The fourth-order valence-corrected chi connectivity index (χ4v) is 1.85. The van der Waals surface area contributed by atoms with Crippen molar-refractivity contribution >= 4 is 0 Å². The number of pyridine rings is 1. The average molecular weight is 231 g/mol. The number of aliphatic hydroxyl groups excluding tert-OH is 1. The van der Waals surface area contributed by atoms with Crippen LogP contribution < -0.4 is 0 Å². The lowest BCUT2D eigenvalue weighted by Gasteiger charge is -2.12. The Morgan fingerprint density at radius 2 is 2.24 bits per heavy atom. The lowest BCUT2D eigenvalue weighted by Crippen LogP contribution is -2.11. The highest BCUT2D eigenvalue weighted by Crippen LogP contribution is 2.19. The highest BCUT2D eigenvalue weighted by atomic mass is 16.3. The Morgan fingerprint density at radius 1 is 1.41 bits per heavy atom. The molecule has 0 aliphatic carbocycles. The molecule has 0 saturated carbocycles. The summed E-state index contributed by atoms with van der Waals surface area (Å²) in [5, 5.41) is 10.3. The van der Waals surface area contributed by atoms with Crippen LogP contribution in [0.3, 0.4) is 0 Å². The third kappa shape index (κ3) is 2.53. The van der Waals surface area contributed by atoms with E-state index in [0.717, 1.165) is 18.7 Å². The van der Waals surface area contributed by atoms with Crippen molar-refractivity contribution in [3.05, 3.63) is 47.8 Å². The molecule has 0 bridgehead atoms. The van der Waals surface area contributed by atoms with Gasteiger partial charge >= 0.3 is 0 Å². The Labute approximate surface area is 101 Å². The molecule has 90 valence electrons.